The number of rotatable bonds is 8. The van der Waals surface area contributed by atoms with Crippen molar-refractivity contribution < 1.29 is 14.6 Å². The Morgan fingerprint density at radius 2 is 1.78 bits per heavy atom. The van der Waals surface area contributed by atoms with Gasteiger partial charge < -0.3 is 9.84 Å². The van der Waals surface area contributed by atoms with Gasteiger partial charge >= 0.3 is 17.3 Å². The number of hydrogen-bond donors (Lipinski definition) is 2. The fourth-order valence-electron chi connectivity index (χ4n) is 3.07. The minimum atomic E-state index is -1.30. The van der Waals surface area contributed by atoms with Gasteiger partial charge in [-0.15, -0.1) is 0 Å². The Labute approximate surface area is 187 Å². The van der Waals surface area contributed by atoms with Crippen molar-refractivity contribution in [2.45, 2.75) is 25.9 Å². The smallest absolute Gasteiger partial charge is 0.335 e. The second-order valence-corrected chi connectivity index (χ2v) is 8.03. The van der Waals surface area contributed by atoms with Crippen molar-refractivity contribution in [3.63, 3.8) is 0 Å². The van der Waals surface area contributed by atoms with Crippen molar-refractivity contribution in [3.05, 3.63) is 85.7 Å². The normalized spacial score (nSPS) is 13.8. The molecule has 0 spiro atoms. The van der Waals surface area contributed by atoms with Crippen LogP contribution in [0.1, 0.15) is 18.4 Å². The van der Waals surface area contributed by atoms with Crippen molar-refractivity contribution in [2.24, 2.45) is 10.9 Å². The maximum absolute atomic E-state index is 13.0. The Kier molecular flexibility index (Phi) is 6.27. The topological polar surface area (TPSA) is 119 Å². The molecule has 4 rings (SSSR count). The molecule has 1 aliphatic rings. The standard InChI is InChI=1S/C22H21ClN4O5/c23-16-5-3-14(4-6-16)11-26-20(25-21(30)27(22(26)31)12-19(28)29)24-17-7-9-18(10-8-17)32-13-15-1-2-15/h3-10,15H,1-2,11-13H2,(H,28,29)(H,24,25,30). The first-order valence-electron chi connectivity index (χ1n) is 10.1. The van der Waals surface area contributed by atoms with E-state index < -0.39 is 23.9 Å². The minimum absolute atomic E-state index is 0.00300. The van der Waals surface area contributed by atoms with Crippen molar-refractivity contribution in [1.82, 2.24) is 14.1 Å². The van der Waals surface area contributed by atoms with Crippen LogP contribution in [0.2, 0.25) is 5.02 Å². The van der Waals surface area contributed by atoms with E-state index in [9.17, 15) is 14.4 Å². The van der Waals surface area contributed by atoms with Gasteiger partial charge in [0.2, 0.25) is 5.62 Å². The van der Waals surface area contributed by atoms with Gasteiger partial charge in [0.05, 0.1) is 18.8 Å². The second kappa shape index (κ2) is 9.27. The lowest BCUT2D eigenvalue weighted by atomic mass is 10.2. The molecule has 10 heteroatoms. The predicted molar refractivity (Wildman–Crippen MR) is 117 cm³/mol. The van der Waals surface area contributed by atoms with Crippen LogP contribution in [0, 0.1) is 5.92 Å². The zero-order chi connectivity index (χ0) is 22.7. The zero-order valence-corrected chi connectivity index (χ0v) is 17.8. The van der Waals surface area contributed by atoms with Crippen LogP contribution in [-0.4, -0.2) is 31.8 Å². The van der Waals surface area contributed by atoms with Crippen molar-refractivity contribution in [1.29, 1.82) is 0 Å². The maximum atomic E-state index is 13.0. The van der Waals surface area contributed by atoms with E-state index in [1.807, 2.05) is 0 Å². The highest BCUT2D eigenvalue weighted by Crippen LogP contribution is 2.29. The predicted octanol–water partition coefficient (Wildman–Crippen LogP) is 2.15. The fourth-order valence-corrected chi connectivity index (χ4v) is 3.20. The van der Waals surface area contributed by atoms with Crippen molar-refractivity contribution in [2.75, 3.05) is 6.61 Å². The monoisotopic (exact) mass is 456 g/mol. The van der Waals surface area contributed by atoms with Gasteiger partial charge in [-0.2, -0.15) is 0 Å². The first kappa shape index (κ1) is 21.6. The third-order valence-electron chi connectivity index (χ3n) is 4.98. The fraction of sp³-hybridized carbons (Fsp3) is 0.273. The molecule has 0 radical (unpaired) electrons. The van der Waals surface area contributed by atoms with E-state index in [0.717, 1.165) is 11.3 Å². The van der Waals surface area contributed by atoms with Crippen molar-refractivity contribution in [3.8, 4) is 5.75 Å². The number of halogens is 1. The molecule has 0 saturated heterocycles. The first-order chi connectivity index (χ1) is 15.4. The highest BCUT2D eigenvalue weighted by Gasteiger charge is 2.21. The summed E-state index contributed by atoms with van der Waals surface area (Å²) in [5, 5.41) is 9.61. The average molecular weight is 457 g/mol. The summed E-state index contributed by atoms with van der Waals surface area (Å²) >= 11 is 5.93. The summed E-state index contributed by atoms with van der Waals surface area (Å²) in [5.41, 5.74) is -0.407. The van der Waals surface area contributed by atoms with Crippen LogP contribution in [0.4, 0.5) is 5.69 Å². The SMILES string of the molecule is O=C(O)Cn1c(=O)[nH]/c(=N\c2ccc(OCC3CC3)cc2)n(Cc2ccc(Cl)cc2)c1=O. The molecule has 2 aromatic carbocycles. The van der Waals surface area contributed by atoms with Gasteiger partial charge in [0.25, 0.3) is 0 Å². The van der Waals surface area contributed by atoms with Crippen LogP contribution in [0.3, 0.4) is 0 Å². The third kappa shape index (κ3) is 5.36. The Balaban J connectivity index is 1.73. The number of aromatic nitrogens is 3. The maximum Gasteiger partial charge on any atom is 0.335 e. The summed E-state index contributed by atoms with van der Waals surface area (Å²) in [6.45, 7) is -0.0113. The summed E-state index contributed by atoms with van der Waals surface area (Å²) in [7, 11) is 0. The summed E-state index contributed by atoms with van der Waals surface area (Å²) in [6, 6.07) is 13.8. The zero-order valence-electron chi connectivity index (χ0n) is 17.0. The lowest BCUT2D eigenvalue weighted by Crippen LogP contribution is -2.50. The van der Waals surface area contributed by atoms with E-state index in [4.69, 9.17) is 21.4 Å². The number of carboxylic acid groups (broad SMARTS) is 1. The molecule has 1 aliphatic carbocycles. The van der Waals surface area contributed by atoms with Crippen LogP contribution in [-0.2, 0) is 17.9 Å². The molecular formula is C22H21ClN4O5. The first-order valence-corrected chi connectivity index (χ1v) is 10.4. The lowest BCUT2D eigenvalue weighted by Gasteiger charge is -2.10. The van der Waals surface area contributed by atoms with Crippen LogP contribution < -0.4 is 21.7 Å². The van der Waals surface area contributed by atoms with Crippen LogP contribution in [0.25, 0.3) is 0 Å². The molecule has 32 heavy (non-hydrogen) atoms. The number of aromatic amines is 1. The number of H-pyrrole nitrogens is 1. The van der Waals surface area contributed by atoms with Gasteiger partial charge in [-0.3, -0.25) is 14.3 Å². The quantitative estimate of drug-likeness (QED) is 0.538. The highest BCUT2D eigenvalue weighted by atomic mass is 35.5. The molecule has 1 saturated carbocycles. The molecular weight excluding hydrogens is 436 g/mol. The van der Waals surface area contributed by atoms with E-state index in [1.165, 1.54) is 17.4 Å². The van der Waals surface area contributed by atoms with Gasteiger partial charge in [0.15, 0.2) is 0 Å². The Morgan fingerprint density at radius 3 is 2.41 bits per heavy atom. The summed E-state index contributed by atoms with van der Waals surface area (Å²) in [6.07, 6.45) is 2.39. The van der Waals surface area contributed by atoms with Gasteiger partial charge in [-0.25, -0.2) is 19.1 Å². The average Bonchev–Trinajstić information content (AvgIpc) is 3.59. The molecule has 9 nitrogen and oxygen atoms in total. The number of hydrogen-bond acceptors (Lipinski definition) is 5. The summed E-state index contributed by atoms with van der Waals surface area (Å²) in [4.78, 5) is 43.4. The van der Waals surface area contributed by atoms with Crippen LogP contribution in [0.5, 0.6) is 5.75 Å². The molecule has 0 bridgehead atoms. The number of carbonyl (C=O) groups is 1. The van der Waals surface area contributed by atoms with Crippen molar-refractivity contribution >= 4 is 23.3 Å². The van der Waals surface area contributed by atoms with E-state index in [0.29, 0.717) is 27.8 Å². The Hall–Kier alpha value is -3.59. The Morgan fingerprint density at radius 1 is 1.09 bits per heavy atom. The number of ether oxygens (including phenoxy) is 1. The summed E-state index contributed by atoms with van der Waals surface area (Å²) in [5.74, 6) is 0.0472. The van der Waals surface area contributed by atoms with Gasteiger partial charge in [-0.05, 0) is 60.7 Å². The molecule has 0 amide bonds. The van der Waals surface area contributed by atoms with E-state index in [2.05, 4.69) is 9.98 Å². The largest absolute Gasteiger partial charge is 0.493 e. The molecule has 1 fully saturated rings. The molecule has 0 atom stereocenters. The third-order valence-corrected chi connectivity index (χ3v) is 5.24. The number of nitrogens with zero attached hydrogens (tertiary/aromatic N) is 3. The molecule has 0 unspecified atom stereocenters. The number of nitrogens with one attached hydrogen (secondary N) is 1. The van der Waals surface area contributed by atoms with E-state index in [1.54, 1.807) is 48.5 Å². The molecule has 0 aliphatic heterocycles. The van der Waals surface area contributed by atoms with E-state index >= 15 is 0 Å². The second-order valence-electron chi connectivity index (χ2n) is 7.59. The van der Waals surface area contributed by atoms with Gasteiger partial charge in [-0.1, -0.05) is 23.7 Å². The van der Waals surface area contributed by atoms with E-state index in [-0.39, 0.29) is 12.2 Å². The molecule has 1 aromatic heterocycles. The molecule has 2 N–H and O–H groups in total. The number of benzene rings is 2. The lowest BCUT2D eigenvalue weighted by molar-refractivity contribution is -0.137. The number of carboxylic acids is 1. The molecule has 1 heterocycles. The van der Waals surface area contributed by atoms with Crippen LogP contribution in [0.15, 0.2) is 63.1 Å². The summed E-state index contributed by atoms with van der Waals surface area (Å²) < 4.78 is 7.54. The Bertz CT molecular complexity index is 1300. The van der Waals surface area contributed by atoms with Crippen LogP contribution >= 0.6 is 11.6 Å². The number of aliphatic carboxylic acids is 1. The molecule has 166 valence electrons. The highest BCUT2D eigenvalue weighted by molar-refractivity contribution is 6.30. The molecule has 3 aromatic rings. The van der Waals surface area contributed by atoms with Gasteiger partial charge in [0, 0.05) is 5.02 Å². The van der Waals surface area contributed by atoms with Gasteiger partial charge in [0.1, 0.15) is 12.3 Å². The minimum Gasteiger partial charge on any atom is -0.493 e.